The van der Waals surface area contributed by atoms with Crippen molar-refractivity contribution >= 4 is 15.8 Å². The van der Waals surface area contributed by atoms with E-state index in [0.717, 1.165) is 30.9 Å². The molecule has 1 atom stereocenters. The quantitative estimate of drug-likeness (QED) is 0.533. The fourth-order valence-corrected chi connectivity index (χ4v) is 4.91. The highest BCUT2D eigenvalue weighted by molar-refractivity contribution is 7.91. The Morgan fingerprint density at radius 2 is 2.00 bits per heavy atom. The van der Waals surface area contributed by atoms with E-state index >= 15 is 0 Å². The number of hydrogen-bond donors (Lipinski definition) is 2. The van der Waals surface area contributed by atoms with Crippen LogP contribution in [0, 0.1) is 11.8 Å². The van der Waals surface area contributed by atoms with Gasteiger partial charge in [-0.05, 0) is 44.1 Å². The second-order valence-electron chi connectivity index (χ2n) is 7.21. The molecule has 1 unspecified atom stereocenters. The van der Waals surface area contributed by atoms with Crippen molar-refractivity contribution in [3.8, 4) is 5.75 Å². The van der Waals surface area contributed by atoms with Gasteiger partial charge in [-0.25, -0.2) is 13.4 Å². The van der Waals surface area contributed by atoms with E-state index in [-0.39, 0.29) is 11.7 Å². The first-order chi connectivity index (χ1) is 12.6. The number of nitrogens with one attached hydrogen (secondary N) is 2. The molecular weight excluding hydrogens is 350 g/mol. The van der Waals surface area contributed by atoms with Crippen molar-refractivity contribution < 1.29 is 13.2 Å². The zero-order valence-corrected chi connectivity index (χ0v) is 16.2. The Balaban J connectivity index is 1.56. The lowest BCUT2D eigenvalue weighted by atomic mass is 10.1. The van der Waals surface area contributed by atoms with Gasteiger partial charge in [-0.3, -0.25) is 0 Å². The molecule has 1 saturated heterocycles. The largest absolute Gasteiger partial charge is 0.493 e. The molecule has 6 nitrogen and oxygen atoms in total. The van der Waals surface area contributed by atoms with Crippen LogP contribution in [0.1, 0.15) is 31.7 Å². The lowest BCUT2D eigenvalue weighted by molar-refractivity contribution is 0.297. The van der Waals surface area contributed by atoms with Gasteiger partial charge >= 0.3 is 0 Å². The lowest BCUT2D eigenvalue weighted by Crippen LogP contribution is -2.40. The molecule has 2 N–H and O–H groups in total. The number of sulfone groups is 1. The Morgan fingerprint density at radius 1 is 1.19 bits per heavy atom. The number of benzene rings is 1. The Morgan fingerprint density at radius 3 is 2.69 bits per heavy atom. The molecule has 26 heavy (non-hydrogen) atoms. The first-order valence-corrected chi connectivity index (χ1v) is 11.3. The molecule has 1 aromatic carbocycles. The van der Waals surface area contributed by atoms with Crippen molar-refractivity contribution in [3.05, 3.63) is 29.8 Å². The van der Waals surface area contributed by atoms with Crippen LogP contribution in [0.25, 0.3) is 0 Å². The molecule has 0 amide bonds. The summed E-state index contributed by atoms with van der Waals surface area (Å²) in [7, 11) is -2.84. The molecule has 1 aliphatic carbocycles. The average Bonchev–Trinajstić information content (AvgIpc) is 3.38. The summed E-state index contributed by atoms with van der Waals surface area (Å²) in [6.45, 7) is 4.72. The van der Waals surface area contributed by atoms with E-state index in [1.807, 2.05) is 31.2 Å². The van der Waals surface area contributed by atoms with Gasteiger partial charge < -0.3 is 15.4 Å². The van der Waals surface area contributed by atoms with Crippen LogP contribution >= 0.6 is 0 Å². The predicted molar refractivity (Wildman–Crippen MR) is 104 cm³/mol. The lowest BCUT2D eigenvalue weighted by Gasteiger charge is -2.15. The third-order valence-corrected chi connectivity index (χ3v) is 6.62. The number of aliphatic imine (C=N–C) groups is 1. The summed E-state index contributed by atoms with van der Waals surface area (Å²) in [5, 5.41) is 6.51. The minimum atomic E-state index is -2.84. The van der Waals surface area contributed by atoms with Crippen molar-refractivity contribution in [2.75, 3.05) is 31.2 Å². The first kappa shape index (κ1) is 19.0. The van der Waals surface area contributed by atoms with Crippen LogP contribution in [0.2, 0.25) is 0 Å². The number of hydrogen-bond acceptors (Lipinski definition) is 4. The zero-order valence-electron chi connectivity index (χ0n) is 15.4. The molecule has 1 saturated carbocycles. The Labute approximate surface area is 156 Å². The molecule has 0 radical (unpaired) electrons. The highest BCUT2D eigenvalue weighted by Gasteiger charge is 2.27. The normalized spacial score (nSPS) is 22.2. The van der Waals surface area contributed by atoms with E-state index in [9.17, 15) is 8.42 Å². The smallest absolute Gasteiger partial charge is 0.191 e. The van der Waals surface area contributed by atoms with E-state index in [1.54, 1.807) is 0 Å². The number of rotatable bonds is 8. The predicted octanol–water partition coefficient (Wildman–Crippen LogP) is 1.97. The van der Waals surface area contributed by atoms with Gasteiger partial charge in [0.05, 0.1) is 24.7 Å². The summed E-state index contributed by atoms with van der Waals surface area (Å²) < 4.78 is 29.1. The molecule has 0 bridgehead atoms. The highest BCUT2D eigenvalue weighted by atomic mass is 32.2. The van der Waals surface area contributed by atoms with Crippen LogP contribution in [-0.2, 0) is 16.4 Å². The maximum atomic E-state index is 11.6. The summed E-state index contributed by atoms with van der Waals surface area (Å²) in [5.41, 5.74) is 1.06. The van der Waals surface area contributed by atoms with Crippen molar-refractivity contribution in [1.29, 1.82) is 0 Å². The first-order valence-electron chi connectivity index (χ1n) is 9.49. The van der Waals surface area contributed by atoms with Crippen LogP contribution < -0.4 is 15.4 Å². The maximum Gasteiger partial charge on any atom is 0.191 e. The third kappa shape index (κ3) is 5.90. The molecule has 3 rings (SSSR count). The Bertz CT molecular complexity index is 729. The molecule has 1 aromatic rings. The average molecular weight is 380 g/mol. The number of para-hydroxylation sites is 1. The minimum absolute atomic E-state index is 0.165. The van der Waals surface area contributed by atoms with Gasteiger partial charge in [0.1, 0.15) is 5.75 Å². The van der Waals surface area contributed by atoms with Gasteiger partial charge in [-0.2, -0.15) is 0 Å². The van der Waals surface area contributed by atoms with Gasteiger partial charge in [-0.1, -0.05) is 18.2 Å². The maximum absolute atomic E-state index is 11.6. The number of ether oxygens (including phenoxy) is 1. The van der Waals surface area contributed by atoms with E-state index in [2.05, 4.69) is 15.6 Å². The molecule has 2 fully saturated rings. The van der Waals surface area contributed by atoms with Gasteiger partial charge in [0.2, 0.25) is 0 Å². The van der Waals surface area contributed by atoms with Gasteiger partial charge in [-0.15, -0.1) is 0 Å². The van der Waals surface area contributed by atoms with Gasteiger partial charge in [0.25, 0.3) is 0 Å². The van der Waals surface area contributed by atoms with Crippen LogP contribution in [-0.4, -0.2) is 45.6 Å². The molecule has 7 heteroatoms. The monoisotopic (exact) mass is 379 g/mol. The molecule has 144 valence electrons. The van der Waals surface area contributed by atoms with Gasteiger partial charge in [0.15, 0.2) is 15.8 Å². The summed E-state index contributed by atoms with van der Waals surface area (Å²) in [4.78, 5) is 4.65. The van der Waals surface area contributed by atoms with Crippen molar-refractivity contribution in [3.63, 3.8) is 0 Å². The summed E-state index contributed by atoms with van der Waals surface area (Å²) >= 11 is 0. The SMILES string of the molecule is CCNC(=NCc1ccccc1OCC1CC1)NCC1CCS(=O)(=O)C1. The minimum Gasteiger partial charge on any atom is -0.493 e. The summed E-state index contributed by atoms with van der Waals surface area (Å²) in [6.07, 6.45) is 3.27. The molecule has 2 aliphatic rings. The van der Waals surface area contributed by atoms with E-state index in [0.29, 0.717) is 30.7 Å². The van der Waals surface area contributed by atoms with E-state index in [1.165, 1.54) is 12.8 Å². The van der Waals surface area contributed by atoms with Crippen molar-refractivity contribution in [2.24, 2.45) is 16.8 Å². The second kappa shape index (κ2) is 8.75. The van der Waals surface area contributed by atoms with E-state index < -0.39 is 9.84 Å². The molecule has 0 aromatic heterocycles. The fourth-order valence-electron chi connectivity index (χ4n) is 3.05. The van der Waals surface area contributed by atoms with Gasteiger partial charge in [0, 0.05) is 18.7 Å². The highest BCUT2D eigenvalue weighted by Crippen LogP contribution is 2.30. The van der Waals surface area contributed by atoms with Crippen LogP contribution in [0.15, 0.2) is 29.3 Å². The Hall–Kier alpha value is -1.76. The van der Waals surface area contributed by atoms with E-state index in [4.69, 9.17) is 4.74 Å². The van der Waals surface area contributed by atoms with Crippen molar-refractivity contribution in [1.82, 2.24) is 10.6 Å². The summed E-state index contributed by atoms with van der Waals surface area (Å²) in [5.74, 6) is 3.08. The second-order valence-corrected chi connectivity index (χ2v) is 9.44. The third-order valence-electron chi connectivity index (χ3n) is 4.78. The fraction of sp³-hybridized carbons (Fsp3) is 0.632. The Kier molecular flexibility index (Phi) is 6.40. The van der Waals surface area contributed by atoms with Crippen molar-refractivity contribution in [2.45, 2.75) is 32.7 Å². The molecular formula is C19H29N3O3S. The number of nitrogens with zero attached hydrogens (tertiary/aromatic N) is 1. The molecule has 1 heterocycles. The zero-order chi connectivity index (χ0) is 18.4. The van der Waals surface area contributed by atoms with Crippen LogP contribution in [0.3, 0.4) is 0 Å². The van der Waals surface area contributed by atoms with Crippen LogP contribution in [0.4, 0.5) is 0 Å². The van der Waals surface area contributed by atoms with Crippen LogP contribution in [0.5, 0.6) is 5.75 Å². The molecule has 0 spiro atoms. The molecule has 1 aliphatic heterocycles. The number of guanidine groups is 1. The topological polar surface area (TPSA) is 79.8 Å². The standard InChI is InChI=1S/C19H29N3O3S/c1-2-20-19(21-11-16-9-10-26(23,24)14-16)22-12-17-5-3-4-6-18(17)25-13-15-7-8-15/h3-6,15-16H,2,7-14H2,1H3,(H2,20,21,22). The summed E-state index contributed by atoms with van der Waals surface area (Å²) in [6, 6.07) is 8.02.